The van der Waals surface area contributed by atoms with Gasteiger partial charge < -0.3 is 14.5 Å². The molecule has 2 fully saturated rings. The predicted molar refractivity (Wildman–Crippen MR) is 109 cm³/mol. The molecule has 5 heteroatoms. The Balaban J connectivity index is 1.53. The lowest BCUT2D eigenvalue weighted by molar-refractivity contribution is -0.141. The Labute approximate surface area is 165 Å². The molecule has 2 amide bonds. The fourth-order valence-electron chi connectivity index (χ4n) is 4.10. The molecule has 1 heterocycles. The number of piperazine rings is 1. The molecule has 1 aliphatic carbocycles. The van der Waals surface area contributed by atoms with Gasteiger partial charge in [-0.05, 0) is 62.1 Å². The number of methoxy groups -OCH3 is 1. The van der Waals surface area contributed by atoms with E-state index in [2.05, 4.69) is 0 Å². The largest absolute Gasteiger partial charge is 0.497 e. The number of carbonyl (C=O) groups is 2. The van der Waals surface area contributed by atoms with Crippen molar-refractivity contribution in [2.24, 2.45) is 0 Å². The van der Waals surface area contributed by atoms with Gasteiger partial charge in [0.05, 0.1) is 12.5 Å². The van der Waals surface area contributed by atoms with Crippen LogP contribution >= 0.6 is 0 Å². The van der Waals surface area contributed by atoms with Gasteiger partial charge in [-0.15, -0.1) is 0 Å². The Morgan fingerprint density at radius 2 is 1.86 bits per heavy atom. The summed E-state index contributed by atoms with van der Waals surface area (Å²) in [5.74, 6) is 0.826. The molecule has 1 aliphatic heterocycles. The zero-order chi connectivity index (χ0) is 19.9. The van der Waals surface area contributed by atoms with Crippen LogP contribution in [0.4, 0.5) is 5.69 Å². The van der Waals surface area contributed by atoms with E-state index >= 15 is 0 Å². The highest BCUT2D eigenvalue weighted by Gasteiger charge is 2.54. The first kappa shape index (κ1) is 18.5. The molecule has 4 rings (SSSR count). The van der Waals surface area contributed by atoms with Gasteiger partial charge in [-0.1, -0.05) is 24.3 Å². The fraction of sp³-hybridized carbons (Fsp3) is 0.391. The average molecular weight is 378 g/mol. The molecule has 28 heavy (non-hydrogen) atoms. The van der Waals surface area contributed by atoms with Crippen LogP contribution in [0, 0.1) is 6.92 Å². The van der Waals surface area contributed by atoms with Crippen molar-refractivity contribution in [3.05, 3.63) is 59.7 Å². The van der Waals surface area contributed by atoms with E-state index in [1.807, 2.05) is 62.4 Å². The standard InChI is InChI=1S/C23H26N2O3/c1-16-5-4-6-19(13-16)25-14-17(2)24(15-21(25)26)22(27)23(11-12-23)18-7-9-20(28-3)10-8-18/h4-10,13,17H,11-12,14-15H2,1-3H3. The third kappa shape index (κ3) is 3.15. The van der Waals surface area contributed by atoms with Crippen molar-refractivity contribution in [3.63, 3.8) is 0 Å². The molecule has 0 spiro atoms. The summed E-state index contributed by atoms with van der Waals surface area (Å²) in [7, 11) is 1.63. The number of hydrogen-bond donors (Lipinski definition) is 0. The highest BCUT2D eigenvalue weighted by molar-refractivity contribution is 6.00. The number of hydrogen-bond acceptors (Lipinski definition) is 3. The summed E-state index contributed by atoms with van der Waals surface area (Å²) in [6, 6.07) is 15.7. The third-order valence-electron chi connectivity index (χ3n) is 5.96. The molecular formula is C23H26N2O3. The van der Waals surface area contributed by atoms with Gasteiger partial charge in [0.2, 0.25) is 11.8 Å². The van der Waals surface area contributed by atoms with E-state index in [1.54, 1.807) is 16.9 Å². The summed E-state index contributed by atoms with van der Waals surface area (Å²) in [4.78, 5) is 29.8. The summed E-state index contributed by atoms with van der Waals surface area (Å²) in [6.07, 6.45) is 1.66. The van der Waals surface area contributed by atoms with Crippen LogP contribution in [0.3, 0.4) is 0 Å². The van der Waals surface area contributed by atoms with Gasteiger partial charge in [0, 0.05) is 18.3 Å². The number of aryl methyl sites for hydroxylation is 1. The van der Waals surface area contributed by atoms with Crippen LogP contribution in [0.25, 0.3) is 0 Å². The Hall–Kier alpha value is -2.82. The Morgan fingerprint density at radius 3 is 2.46 bits per heavy atom. The predicted octanol–water partition coefficient (Wildman–Crippen LogP) is 3.30. The lowest BCUT2D eigenvalue weighted by atomic mass is 9.93. The number of ether oxygens (including phenoxy) is 1. The normalized spacial score (nSPS) is 20.8. The van der Waals surface area contributed by atoms with Crippen LogP contribution in [0.15, 0.2) is 48.5 Å². The monoisotopic (exact) mass is 378 g/mol. The number of benzene rings is 2. The zero-order valence-electron chi connectivity index (χ0n) is 16.6. The van der Waals surface area contributed by atoms with E-state index in [1.165, 1.54) is 0 Å². The lowest BCUT2D eigenvalue weighted by Crippen LogP contribution is -2.59. The molecule has 5 nitrogen and oxygen atoms in total. The van der Waals surface area contributed by atoms with E-state index in [4.69, 9.17) is 4.74 Å². The van der Waals surface area contributed by atoms with E-state index in [0.29, 0.717) is 6.54 Å². The van der Waals surface area contributed by atoms with Crippen LogP contribution in [0.2, 0.25) is 0 Å². The topological polar surface area (TPSA) is 49.9 Å². The number of carbonyl (C=O) groups excluding carboxylic acids is 2. The second-order valence-corrected chi connectivity index (χ2v) is 7.94. The number of rotatable bonds is 4. The minimum atomic E-state index is -0.480. The fourth-order valence-corrected chi connectivity index (χ4v) is 4.10. The molecule has 0 radical (unpaired) electrons. The van der Waals surface area contributed by atoms with Gasteiger partial charge in [0.15, 0.2) is 0 Å². The summed E-state index contributed by atoms with van der Waals surface area (Å²) in [6.45, 7) is 4.69. The number of anilines is 1. The molecule has 1 saturated heterocycles. The molecule has 0 aromatic heterocycles. The highest BCUT2D eigenvalue weighted by Crippen LogP contribution is 2.50. The third-order valence-corrected chi connectivity index (χ3v) is 5.96. The number of nitrogens with zero attached hydrogens (tertiary/aromatic N) is 2. The summed E-state index contributed by atoms with van der Waals surface area (Å²) < 4.78 is 5.23. The molecular weight excluding hydrogens is 352 g/mol. The van der Waals surface area contributed by atoms with Crippen molar-refractivity contribution in [2.75, 3.05) is 25.1 Å². The van der Waals surface area contributed by atoms with Gasteiger partial charge in [-0.25, -0.2) is 0 Å². The van der Waals surface area contributed by atoms with E-state index in [0.717, 1.165) is 35.4 Å². The summed E-state index contributed by atoms with van der Waals surface area (Å²) >= 11 is 0. The first-order valence-electron chi connectivity index (χ1n) is 9.77. The maximum atomic E-state index is 13.4. The van der Waals surface area contributed by atoms with Crippen molar-refractivity contribution in [2.45, 2.75) is 38.1 Å². The zero-order valence-corrected chi connectivity index (χ0v) is 16.6. The maximum absolute atomic E-state index is 13.4. The van der Waals surface area contributed by atoms with Crippen LogP contribution in [-0.2, 0) is 15.0 Å². The van der Waals surface area contributed by atoms with Crippen LogP contribution in [0.5, 0.6) is 5.75 Å². The molecule has 1 saturated carbocycles. The second-order valence-electron chi connectivity index (χ2n) is 7.94. The van der Waals surface area contributed by atoms with Crippen molar-refractivity contribution < 1.29 is 14.3 Å². The molecule has 2 aliphatic rings. The minimum absolute atomic E-state index is 0.0254. The average Bonchev–Trinajstić information content (AvgIpc) is 3.51. The Kier molecular flexibility index (Phi) is 4.61. The molecule has 0 N–H and O–H groups in total. The first-order valence-corrected chi connectivity index (χ1v) is 9.77. The van der Waals surface area contributed by atoms with Crippen molar-refractivity contribution >= 4 is 17.5 Å². The second kappa shape index (κ2) is 6.97. The summed E-state index contributed by atoms with van der Waals surface area (Å²) in [5, 5.41) is 0. The Morgan fingerprint density at radius 1 is 1.14 bits per heavy atom. The smallest absolute Gasteiger partial charge is 0.246 e. The van der Waals surface area contributed by atoms with Crippen molar-refractivity contribution in [1.82, 2.24) is 4.90 Å². The Bertz CT molecular complexity index is 902. The molecule has 146 valence electrons. The molecule has 2 aromatic carbocycles. The molecule has 0 bridgehead atoms. The van der Waals surface area contributed by atoms with E-state index in [-0.39, 0.29) is 24.4 Å². The van der Waals surface area contributed by atoms with Crippen LogP contribution < -0.4 is 9.64 Å². The molecule has 2 aromatic rings. The van der Waals surface area contributed by atoms with Gasteiger partial charge >= 0.3 is 0 Å². The van der Waals surface area contributed by atoms with Crippen molar-refractivity contribution in [1.29, 1.82) is 0 Å². The first-order chi connectivity index (χ1) is 13.4. The van der Waals surface area contributed by atoms with Crippen LogP contribution in [0.1, 0.15) is 30.9 Å². The number of amides is 2. The lowest BCUT2D eigenvalue weighted by Gasteiger charge is -2.41. The van der Waals surface area contributed by atoms with E-state index in [9.17, 15) is 9.59 Å². The highest BCUT2D eigenvalue weighted by atomic mass is 16.5. The maximum Gasteiger partial charge on any atom is 0.246 e. The SMILES string of the molecule is COc1ccc(C2(C(=O)N3CC(=O)N(c4cccc(C)c4)CC3C)CC2)cc1. The van der Waals surface area contributed by atoms with E-state index < -0.39 is 5.41 Å². The van der Waals surface area contributed by atoms with Gasteiger partial charge in [0.1, 0.15) is 12.3 Å². The van der Waals surface area contributed by atoms with Gasteiger partial charge in [-0.3, -0.25) is 9.59 Å². The molecule has 1 atom stereocenters. The van der Waals surface area contributed by atoms with Crippen molar-refractivity contribution in [3.8, 4) is 5.75 Å². The van der Waals surface area contributed by atoms with Crippen LogP contribution in [-0.4, -0.2) is 43.0 Å². The summed E-state index contributed by atoms with van der Waals surface area (Å²) in [5.41, 5.74) is 2.55. The minimum Gasteiger partial charge on any atom is -0.497 e. The molecule has 1 unspecified atom stereocenters. The van der Waals surface area contributed by atoms with Gasteiger partial charge in [0.25, 0.3) is 0 Å². The van der Waals surface area contributed by atoms with Gasteiger partial charge in [-0.2, -0.15) is 0 Å². The quantitative estimate of drug-likeness (QED) is 0.820.